The summed E-state index contributed by atoms with van der Waals surface area (Å²) in [4.78, 5) is 34.6. The quantitative estimate of drug-likeness (QED) is 0.772. The number of aliphatic carboxylic acids is 1. The first-order chi connectivity index (χ1) is 9.27. The Morgan fingerprint density at radius 1 is 1.40 bits per heavy atom. The van der Waals surface area contributed by atoms with Crippen molar-refractivity contribution in [1.82, 2.24) is 9.88 Å². The van der Waals surface area contributed by atoms with Crippen LogP contribution in [0.5, 0.6) is 0 Å². The number of carboxylic acid groups (broad SMARTS) is 1. The van der Waals surface area contributed by atoms with E-state index >= 15 is 0 Å². The van der Waals surface area contributed by atoms with E-state index < -0.39 is 17.9 Å². The van der Waals surface area contributed by atoms with Crippen LogP contribution in [0.2, 0.25) is 0 Å². The molecule has 0 radical (unpaired) electrons. The normalized spacial score (nSPS) is 13.6. The van der Waals surface area contributed by atoms with Crippen LogP contribution in [0, 0.1) is 5.92 Å². The predicted octanol–water partition coefficient (Wildman–Crippen LogP) is 1.46. The molecule has 2 atom stereocenters. The van der Waals surface area contributed by atoms with Gasteiger partial charge in [-0.3, -0.25) is 9.59 Å². The minimum Gasteiger partial charge on any atom is -0.480 e. The Bertz CT molecular complexity index is 533. The topological polar surface area (TPSA) is 88.4 Å². The lowest BCUT2D eigenvalue weighted by Gasteiger charge is -2.20. The van der Waals surface area contributed by atoms with Gasteiger partial charge >= 0.3 is 5.97 Å². The number of rotatable bonds is 6. The van der Waals surface area contributed by atoms with E-state index in [0.717, 1.165) is 0 Å². The Kier molecular flexibility index (Phi) is 5.07. The van der Waals surface area contributed by atoms with Crippen LogP contribution in [0.4, 0.5) is 0 Å². The molecule has 1 unspecified atom stereocenters. The first-order valence-electron chi connectivity index (χ1n) is 6.48. The number of aryl methyl sites for hydroxylation is 1. The second-order valence-corrected chi connectivity index (χ2v) is 4.96. The van der Waals surface area contributed by atoms with Gasteiger partial charge < -0.3 is 15.0 Å². The molecule has 6 heteroatoms. The summed E-state index contributed by atoms with van der Waals surface area (Å²) in [5.41, 5.74) is 0.692. The van der Waals surface area contributed by atoms with Crippen LogP contribution in [0.1, 0.15) is 48.0 Å². The monoisotopic (exact) mass is 280 g/mol. The maximum atomic E-state index is 12.1. The van der Waals surface area contributed by atoms with E-state index in [1.807, 2.05) is 6.92 Å². The average Bonchev–Trinajstić information content (AvgIpc) is 2.76. The molecule has 1 amide bonds. The molecule has 2 N–H and O–H groups in total. The molecule has 20 heavy (non-hydrogen) atoms. The van der Waals surface area contributed by atoms with E-state index in [0.29, 0.717) is 12.0 Å². The van der Waals surface area contributed by atoms with Crippen LogP contribution in [-0.4, -0.2) is 33.4 Å². The largest absolute Gasteiger partial charge is 0.480 e. The number of carboxylic acids is 1. The highest BCUT2D eigenvalue weighted by molar-refractivity contribution is 6.00. The van der Waals surface area contributed by atoms with Crippen molar-refractivity contribution in [2.75, 3.05) is 0 Å². The molecule has 1 rings (SSSR count). The molecule has 110 valence electrons. The Hall–Kier alpha value is -2.11. The number of ketones is 1. The average molecular weight is 280 g/mol. The number of amides is 1. The van der Waals surface area contributed by atoms with Crippen molar-refractivity contribution in [2.45, 2.75) is 33.2 Å². The number of nitrogens with zero attached hydrogens (tertiary/aromatic N) is 1. The van der Waals surface area contributed by atoms with E-state index in [4.69, 9.17) is 5.11 Å². The van der Waals surface area contributed by atoms with Gasteiger partial charge in [0.25, 0.3) is 5.91 Å². The molecule has 0 aliphatic rings. The zero-order valence-corrected chi connectivity index (χ0v) is 12.1. The summed E-state index contributed by atoms with van der Waals surface area (Å²) >= 11 is 0. The Labute approximate surface area is 117 Å². The van der Waals surface area contributed by atoms with Gasteiger partial charge in [-0.1, -0.05) is 20.3 Å². The third-order valence-corrected chi connectivity index (χ3v) is 3.41. The molecule has 1 aromatic heterocycles. The van der Waals surface area contributed by atoms with Crippen molar-refractivity contribution in [3.63, 3.8) is 0 Å². The summed E-state index contributed by atoms with van der Waals surface area (Å²) in [6.07, 6.45) is 2.19. The summed E-state index contributed by atoms with van der Waals surface area (Å²) < 4.78 is 1.52. The Morgan fingerprint density at radius 3 is 2.40 bits per heavy atom. The fourth-order valence-electron chi connectivity index (χ4n) is 1.88. The smallest absolute Gasteiger partial charge is 0.326 e. The molecule has 0 fully saturated rings. The van der Waals surface area contributed by atoms with Crippen LogP contribution < -0.4 is 5.32 Å². The maximum Gasteiger partial charge on any atom is 0.326 e. The summed E-state index contributed by atoms with van der Waals surface area (Å²) in [6.45, 7) is 5.05. The number of nitrogens with one attached hydrogen (secondary N) is 1. The second-order valence-electron chi connectivity index (χ2n) is 4.96. The molecule has 0 bridgehead atoms. The highest BCUT2D eigenvalue weighted by Crippen LogP contribution is 2.12. The van der Waals surface area contributed by atoms with E-state index in [1.165, 1.54) is 17.6 Å². The fraction of sp³-hybridized carbons (Fsp3) is 0.500. The predicted molar refractivity (Wildman–Crippen MR) is 73.8 cm³/mol. The molecular formula is C14H20N2O4. The molecule has 0 spiro atoms. The van der Waals surface area contributed by atoms with Gasteiger partial charge in [0.15, 0.2) is 5.78 Å². The van der Waals surface area contributed by atoms with Crippen molar-refractivity contribution in [3.8, 4) is 0 Å². The first kappa shape index (κ1) is 15.9. The minimum atomic E-state index is -1.06. The van der Waals surface area contributed by atoms with Crippen LogP contribution in [0.15, 0.2) is 12.3 Å². The van der Waals surface area contributed by atoms with Crippen LogP contribution in [0.25, 0.3) is 0 Å². The molecule has 0 aromatic carbocycles. The van der Waals surface area contributed by atoms with E-state index in [9.17, 15) is 14.4 Å². The number of carbonyl (C=O) groups is 3. The molecule has 0 aliphatic carbocycles. The molecule has 0 aliphatic heterocycles. The lowest BCUT2D eigenvalue weighted by atomic mass is 9.99. The minimum absolute atomic E-state index is 0.142. The van der Waals surface area contributed by atoms with Gasteiger partial charge in [0, 0.05) is 18.8 Å². The summed E-state index contributed by atoms with van der Waals surface area (Å²) in [5, 5.41) is 11.7. The summed E-state index contributed by atoms with van der Waals surface area (Å²) in [7, 11) is 1.64. The van der Waals surface area contributed by atoms with E-state index in [1.54, 1.807) is 20.2 Å². The van der Waals surface area contributed by atoms with Crippen molar-refractivity contribution >= 4 is 17.7 Å². The van der Waals surface area contributed by atoms with Gasteiger partial charge in [-0.25, -0.2) is 4.79 Å². The van der Waals surface area contributed by atoms with Gasteiger partial charge in [0.2, 0.25) is 0 Å². The third kappa shape index (κ3) is 3.46. The lowest BCUT2D eigenvalue weighted by Crippen LogP contribution is -2.45. The van der Waals surface area contributed by atoms with Crippen molar-refractivity contribution in [3.05, 3.63) is 23.5 Å². The van der Waals surface area contributed by atoms with E-state index in [-0.39, 0.29) is 17.4 Å². The number of hydrogen-bond donors (Lipinski definition) is 2. The molecule has 0 saturated heterocycles. The maximum absolute atomic E-state index is 12.1. The van der Waals surface area contributed by atoms with Gasteiger partial charge in [0.05, 0.1) is 0 Å². The van der Waals surface area contributed by atoms with Gasteiger partial charge in [-0.05, 0) is 18.9 Å². The van der Waals surface area contributed by atoms with Gasteiger partial charge in [0.1, 0.15) is 11.7 Å². The second kappa shape index (κ2) is 6.36. The number of aromatic nitrogens is 1. The van der Waals surface area contributed by atoms with Crippen LogP contribution >= 0.6 is 0 Å². The highest BCUT2D eigenvalue weighted by atomic mass is 16.4. The SMILES string of the molecule is CCC(C)[C@H](NC(=O)c1cc(C(C)=O)cn1C)C(=O)O. The highest BCUT2D eigenvalue weighted by Gasteiger charge is 2.26. The third-order valence-electron chi connectivity index (χ3n) is 3.41. The van der Waals surface area contributed by atoms with Gasteiger partial charge in [-0.15, -0.1) is 0 Å². The summed E-state index contributed by atoms with van der Waals surface area (Å²) in [6, 6.07) is 0.524. The lowest BCUT2D eigenvalue weighted by molar-refractivity contribution is -0.140. The molecule has 0 saturated carbocycles. The Balaban J connectivity index is 2.95. The van der Waals surface area contributed by atoms with Crippen LogP contribution in [-0.2, 0) is 11.8 Å². The van der Waals surface area contributed by atoms with Crippen LogP contribution in [0.3, 0.4) is 0 Å². The Morgan fingerprint density at radius 2 is 2.00 bits per heavy atom. The molecular weight excluding hydrogens is 260 g/mol. The van der Waals surface area contributed by atoms with Crippen molar-refractivity contribution in [2.24, 2.45) is 13.0 Å². The zero-order valence-electron chi connectivity index (χ0n) is 12.1. The van der Waals surface area contributed by atoms with E-state index in [2.05, 4.69) is 5.32 Å². The molecule has 1 aromatic rings. The fourth-order valence-corrected chi connectivity index (χ4v) is 1.88. The summed E-state index contributed by atoms with van der Waals surface area (Å²) in [5.74, 6) is -1.87. The number of Topliss-reactive ketones (excluding diaryl/α,β-unsaturated/α-hetero) is 1. The van der Waals surface area contributed by atoms with Gasteiger partial charge in [-0.2, -0.15) is 0 Å². The number of carbonyl (C=O) groups excluding carboxylic acids is 2. The molecule has 6 nitrogen and oxygen atoms in total. The molecule has 1 heterocycles. The standard InChI is InChI=1S/C14H20N2O4/c1-5-8(2)12(14(19)20)15-13(18)11-6-10(9(3)17)7-16(11)4/h6-8,12H,5H2,1-4H3,(H,15,18)(H,19,20)/t8?,12-/m0/s1. The van der Waals surface area contributed by atoms with Crippen molar-refractivity contribution < 1.29 is 19.5 Å². The number of hydrogen-bond acceptors (Lipinski definition) is 3. The van der Waals surface area contributed by atoms with Crippen molar-refractivity contribution in [1.29, 1.82) is 0 Å². The zero-order chi connectivity index (χ0) is 15.4. The first-order valence-corrected chi connectivity index (χ1v) is 6.48.